The summed E-state index contributed by atoms with van der Waals surface area (Å²) in [6.45, 7) is -0.109. The number of hydrogen-bond acceptors (Lipinski definition) is 3. The number of nitrogens with one attached hydrogen (secondary N) is 1. The molecule has 0 spiro atoms. The van der Waals surface area contributed by atoms with E-state index in [0.29, 0.717) is 16.1 Å². The zero-order chi connectivity index (χ0) is 15.0. The molecule has 108 valence electrons. The quantitative estimate of drug-likeness (QED) is 0.924. The van der Waals surface area contributed by atoms with Crippen LogP contribution in [0, 0.1) is 0 Å². The second-order valence-corrected chi connectivity index (χ2v) is 6.56. The number of benzene rings is 2. The Kier molecular flexibility index (Phi) is 3.35. The highest BCUT2D eigenvalue weighted by Gasteiger charge is 2.35. The fourth-order valence-corrected chi connectivity index (χ4v) is 3.52. The average molecular weight is 323 g/mol. The molecule has 1 aliphatic heterocycles. The van der Waals surface area contributed by atoms with Crippen molar-refractivity contribution in [1.82, 2.24) is 4.31 Å². The first kappa shape index (κ1) is 13.9. The molecular formula is C14H11ClN2O3S. The van der Waals surface area contributed by atoms with E-state index < -0.39 is 16.1 Å². The van der Waals surface area contributed by atoms with Gasteiger partial charge in [-0.2, -0.15) is 8.42 Å². The first-order chi connectivity index (χ1) is 9.99. The molecule has 0 atom stereocenters. The van der Waals surface area contributed by atoms with Crippen molar-refractivity contribution in [3.63, 3.8) is 0 Å². The lowest BCUT2D eigenvalue weighted by atomic mass is 10.1. The molecule has 0 saturated carbocycles. The van der Waals surface area contributed by atoms with Crippen molar-refractivity contribution >= 4 is 33.4 Å². The summed E-state index contributed by atoms with van der Waals surface area (Å²) in [6, 6.07) is 13.3. The first-order valence-corrected chi connectivity index (χ1v) is 7.98. The van der Waals surface area contributed by atoms with Crippen LogP contribution in [-0.4, -0.2) is 18.6 Å². The van der Waals surface area contributed by atoms with Crippen LogP contribution >= 0.6 is 11.6 Å². The normalized spacial score (nSPS) is 16.2. The van der Waals surface area contributed by atoms with Crippen molar-refractivity contribution in [3.8, 4) is 0 Å². The van der Waals surface area contributed by atoms with Gasteiger partial charge in [-0.25, -0.2) is 4.31 Å². The molecular weight excluding hydrogens is 312 g/mol. The van der Waals surface area contributed by atoms with Crippen LogP contribution in [0.2, 0.25) is 5.02 Å². The van der Waals surface area contributed by atoms with Crippen LogP contribution in [0.1, 0.15) is 15.9 Å². The van der Waals surface area contributed by atoms with Crippen LogP contribution in [0.25, 0.3) is 0 Å². The lowest BCUT2D eigenvalue weighted by molar-refractivity contribution is 0.0853. The molecule has 0 saturated heterocycles. The number of rotatable bonds is 2. The molecule has 2 aromatic rings. The summed E-state index contributed by atoms with van der Waals surface area (Å²) in [5.41, 5.74) is 1.18. The molecule has 21 heavy (non-hydrogen) atoms. The standard InChI is InChI=1S/C14H11ClN2O3S/c15-12-7-3-1-5-10(12)9-17-14(18)11-6-2-4-8-13(11)16-21(17,19)20/h1-8,16H,9H2. The molecule has 1 N–H and O–H groups in total. The number of hydrogen-bond donors (Lipinski definition) is 1. The summed E-state index contributed by atoms with van der Waals surface area (Å²) >= 11 is 6.03. The third-order valence-electron chi connectivity index (χ3n) is 3.18. The zero-order valence-corrected chi connectivity index (χ0v) is 12.4. The van der Waals surface area contributed by atoms with Gasteiger partial charge in [-0.1, -0.05) is 41.9 Å². The van der Waals surface area contributed by atoms with Crippen LogP contribution in [0.5, 0.6) is 0 Å². The Morgan fingerprint density at radius 1 is 1.05 bits per heavy atom. The van der Waals surface area contributed by atoms with Gasteiger partial charge in [0.05, 0.1) is 17.8 Å². The SMILES string of the molecule is O=C1c2ccccc2NS(=O)(=O)N1Cc1ccccc1Cl. The monoisotopic (exact) mass is 322 g/mol. The number of halogens is 1. The van der Waals surface area contributed by atoms with Gasteiger partial charge in [0.15, 0.2) is 0 Å². The number of anilines is 1. The summed E-state index contributed by atoms with van der Waals surface area (Å²) in [6.07, 6.45) is 0. The number of amides is 1. The predicted octanol–water partition coefficient (Wildman–Crippen LogP) is 2.65. The van der Waals surface area contributed by atoms with E-state index in [4.69, 9.17) is 11.6 Å². The predicted molar refractivity (Wildman–Crippen MR) is 80.3 cm³/mol. The second-order valence-electron chi connectivity index (χ2n) is 4.56. The van der Waals surface area contributed by atoms with Gasteiger partial charge in [-0.05, 0) is 23.8 Å². The molecule has 1 heterocycles. The highest BCUT2D eigenvalue weighted by atomic mass is 35.5. The second kappa shape index (κ2) is 5.05. The maximum Gasteiger partial charge on any atom is 0.326 e. The lowest BCUT2D eigenvalue weighted by Gasteiger charge is -2.29. The van der Waals surface area contributed by atoms with Crippen LogP contribution in [-0.2, 0) is 16.8 Å². The minimum Gasteiger partial charge on any atom is -0.268 e. The van der Waals surface area contributed by atoms with E-state index in [2.05, 4.69) is 4.72 Å². The van der Waals surface area contributed by atoms with Crippen LogP contribution < -0.4 is 4.72 Å². The van der Waals surface area contributed by atoms with E-state index in [-0.39, 0.29) is 12.2 Å². The number of para-hydroxylation sites is 1. The van der Waals surface area contributed by atoms with E-state index in [9.17, 15) is 13.2 Å². The van der Waals surface area contributed by atoms with Gasteiger partial charge in [0.1, 0.15) is 0 Å². The van der Waals surface area contributed by atoms with Gasteiger partial charge < -0.3 is 0 Å². The fourth-order valence-electron chi connectivity index (χ4n) is 2.13. The molecule has 3 rings (SSSR count). The highest BCUT2D eigenvalue weighted by Crippen LogP contribution is 2.28. The first-order valence-electron chi connectivity index (χ1n) is 6.16. The van der Waals surface area contributed by atoms with Crippen molar-refractivity contribution in [3.05, 3.63) is 64.7 Å². The molecule has 0 aliphatic carbocycles. The maximum absolute atomic E-state index is 12.4. The maximum atomic E-state index is 12.4. The molecule has 1 amide bonds. The van der Waals surface area contributed by atoms with E-state index in [1.165, 1.54) is 0 Å². The van der Waals surface area contributed by atoms with Gasteiger partial charge in [0, 0.05) is 5.02 Å². The van der Waals surface area contributed by atoms with E-state index in [0.717, 1.165) is 4.31 Å². The van der Waals surface area contributed by atoms with Gasteiger partial charge >= 0.3 is 10.2 Å². The van der Waals surface area contributed by atoms with Crippen molar-refractivity contribution in [2.45, 2.75) is 6.54 Å². The van der Waals surface area contributed by atoms with Gasteiger partial charge in [-0.3, -0.25) is 9.52 Å². The zero-order valence-electron chi connectivity index (χ0n) is 10.8. The Morgan fingerprint density at radius 2 is 1.71 bits per heavy atom. The van der Waals surface area contributed by atoms with Crippen LogP contribution in [0.3, 0.4) is 0 Å². The Morgan fingerprint density at radius 3 is 2.48 bits per heavy atom. The molecule has 0 aromatic heterocycles. The van der Waals surface area contributed by atoms with Gasteiger partial charge in [0.2, 0.25) is 0 Å². The summed E-state index contributed by atoms with van der Waals surface area (Å²) in [5, 5.41) is 0.416. The Hall–Kier alpha value is -2.05. The summed E-state index contributed by atoms with van der Waals surface area (Å²) < 4.78 is 27.6. The minimum absolute atomic E-state index is 0.109. The third-order valence-corrected chi connectivity index (χ3v) is 4.91. The number of nitrogens with zero attached hydrogens (tertiary/aromatic N) is 1. The smallest absolute Gasteiger partial charge is 0.268 e. The Balaban J connectivity index is 2.03. The molecule has 0 bridgehead atoms. The molecule has 2 aromatic carbocycles. The van der Waals surface area contributed by atoms with Gasteiger partial charge in [0.25, 0.3) is 5.91 Å². The van der Waals surface area contributed by atoms with E-state index >= 15 is 0 Å². The summed E-state index contributed by atoms with van der Waals surface area (Å²) in [5.74, 6) is -0.565. The van der Waals surface area contributed by atoms with Gasteiger partial charge in [-0.15, -0.1) is 0 Å². The topological polar surface area (TPSA) is 66.5 Å². The molecule has 0 unspecified atom stereocenters. The summed E-state index contributed by atoms with van der Waals surface area (Å²) in [4.78, 5) is 12.4. The lowest BCUT2D eigenvalue weighted by Crippen LogP contribution is -2.44. The molecule has 0 fully saturated rings. The number of carbonyl (C=O) groups is 1. The Bertz CT molecular complexity index is 820. The van der Waals surface area contributed by atoms with Crippen LogP contribution in [0.15, 0.2) is 48.5 Å². The largest absolute Gasteiger partial charge is 0.326 e. The third kappa shape index (κ3) is 2.48. The van der Waals surface area contributed by atoms with Crippen molar-refractivity contribution in [1.29, 1.82) is 0 Å². The fraction of sp³-hybridized carbons (Fsp3) is 0.0714. The van der Waals surface area contributed by atoms with E-state index in [1.54, 1.807) is 48.5 Å². The van der Waals surface area contributed by atoms with E-state index in [1.807, 2.05) is 0 Å². The minimum atomic E-state index is -3.93. The van der Waals surface area contributed by atoms with Crippen LogP contribution in [0.4, 0.5) is 5.69 Å². The molecule has 5 nitrogen and oxygen atoms in total. The highest BCUT2D eigenvalue weighted by molar-refractivity contribution is 7.91. The summed E-state index contributed by atoms with van der Waals surface area (Å²) in [7, 11) is -3.93. The van der Waals surface area contributed by atoms with Crippen molar-refractivity contribution in [2.24, 2.45) is 0 Å². The number of carbonyl (C=O) groups excluding carboxylic acids is 1. The Labute approximate surface area is 127 Å². The average Bonchev–Trinajstić information content (AvgIpc) is 2.45. The molecule has 1 aliphatic rings. The molecule has 0 radical (unpaired) electrons. The van der Waals surface area contributed by atoms with Crippen molar-refractivity contribution in [2.75, 3.05) is 4.72 Å². The van der Waals surface area contributed by atoms with Crippen molar-refractivity contribution < 1.29 is 13.2 Å². The molecule has 7 heteroatoms. The number of fused-ring (bicyclic) bond motifs is 1.